The minimum atomic E-state index is 0.658. The summed E-state index contributed by atoms with van der Waals surface area (Å²) in [4.78, 5) is 7.61. The van der Waals surface area contributed by atoms with Gasteiger partial charge in [-0.2, -0.15) is 0 Å². The van der Waals surface area contributed by atoms with Crippen LogP contribution in [0.2, 0.25) is 0 Å². The standard InChI is InChI=1S/C23H24N2/c1-2-7-20-14-22-12-9-17(13-19(20)6-1)15-25(22)16-21-11-10-18-5-3-4-8-23(18)24-21/h1-8,10-11,17,22H,9,12-16H2/t17-,22+/m0/s1. The molecule has 0 amide bonds. The highest BCUT2D eigenvalue weighted by Crippen LogP contribution is 2.33. The van der Waals surface area contributed by atoms with Gasteiger partial charge in [0, 0.05) is 24.5 Å². The number of fused-ring (bicyclic) bond motifs is 3. The third-order valence-corrected chi connectivity index (χ3v) is 6.02. The second-order valence-electron chi connectivity index (χ2n) is 7.70. The zero-order valence-electron chi connectivity index (χ0n) is 14.6. The second-order valence-corrected chi connectivity index (χ2v) is 7.70. The van der Waals surface area contributed by atoms with E-state index in [-0.39, 0.29) is 0 Å². The van der Waals surface area contributed by atoms with Gasteiger partial charge in [-0.15, -0.1) is 0 Å². The van der Waals surface area contributed by atoms with E-state index in [1.807, 2.05) is 0 Å². The molecule has 1 aromatic heterocycles. The van der Waals surface area contributed by atoms with Gasteiger partial charge in [0.25, 0.3) is 0 Å². The Morgan fingerprint density at radius 3 is 2.56 bits per heavy atom. The normalized spacial score (nSPS) is 23.2. The third-order valence-electron chi connectivity index (χ3n) is 6.02. The van der Waals surface area contributed by atoms with Crippen molar-refractivity contribution in [2.75, 3.05) is 6.54 Å². The first-order chi connectivity index (χ1) is 12.3. The quantitative estimate of drug-likeness (QED) is 0.683. The SMILES string of the molecule is c1ccc2c(c1)C[C@@H]1CC[C@H](C2)N(Cc2ccc3ccccc3n2)C1. The van der Waals surface area contributed by atoms with E-state index in [4.69, 9.17) is 4.98 Å². The molecule has 3 aromatic rings. The van der Waals surface area contributed by atoms with Crippen LogP contribution < -0.4 is 0 Å². The van der Waals surface area contributed by atoms with Crippen LogP contribution in [0.5, 0.6) is 0 Å². The number of hydrogen-bond donors (Lipinski definition) is 0. The summed E-state index contributed by atoms with van der Waals surface area (Å²) in [7, 11) is 0. The maximum absolute atomic E-state index is 4.91. The molecule has 2 heteroatoms. The smallest absolute Gasteiger partial charge is 0.0705 e. The molecule has 1 saturated heterocycles. The molecule has 25 heavy (non-hydrogen) atoms. The zero-order valence-corrected chi connectivity index (χ0v) is 14.6. The van der Waals surface area contributed by atoms with Crippen LogP contribution in [-0.2, 0) is 19.4 Å². The maximum atomic E-state index is 4.91. The van der Waals surface area contributed by atoms with Crippen molar-refractivity contribution in [3.05, 3.63) is 77.5 Å². The van der Waals surface area contributed by atoms with E-state index in [2.05, 4.69) is 65.6 Å². The molecule has 2 nitrogen and oxygen atoms in total. The number of aromatic nitrogens is 1. The van der Waals surface area contributed by atoms with Crippen molar-refractivity contribution >= 4 is 10.9 Å². The third kappa shape index (κ3) is 2.96. The van der Waals surface area contributed by atoms with E-state index in [0.717, 1.165) is 18.0 Å². The maximum Gasteiger partial charge on any atom is 0.0705 e. The Balaban J connectivity index is 1.42. The molecule has 6 rings (SSSR count). The first-order valence-electron chi connectivity index (χ1n) is 9.51. The number of pyridine rings is 1. The average Bonchev–Trinajstić information content (AvgIpc) is 2.62. The fraction of sp³-hybridized carbons (Fsp3) is 0.348. The molecule has 1 fully saturated rings. The van der Waals surface area contributed by atoms with Crippen molar-refractivity contribution in [1.29, 1.82) is 0 Å². The lowest BCUT2D eigenvalue weighted by Crippen LogP contribution is -2.46. The number of rotatable bonds is 2. The van der Waals surface area contributed by atoms with E-state index < -0.39 is 0 Å². The minimum Gasteiger partial charge on any atom is -0.294 e. The molecular formula is C23H24N2. The first-order valence-corrected chi connectivity index (χ1v) is 9.51. The van der Waals surface area contributed by atoms with Crippen molar-refractivity contribution in [2.24, 2.45) is 5.92 Å². The van der Waals surface area contributed by atoms with Gasteiger partial charge in [-0.1, -0.05) is 48.5 Å². The van der Waals surface area contributed by atoms with Gasteiger partial charge in [-0.25, -0.2) is 0 Å². The van der Waals surface area contributed by atoms with E-state index in [9.17, 15) is 0 Å². The summed E-state index contributed by atoms with van der Waals surface area (Å²) in [5.41, 5.74) is 5.47. The molecule has 0 unspecified atom stereocenters. The fourth-order valence-electron chi connectivity index (χ4n) is 4.70. The van der Waals surface area contributed by atoms with Gasteiger partial charge in [0.2, 0.25) is 0 Å². The topological polar surface area (TPSA) is 16.1 Å². The van der Waals surface area contributed by atoms with Gasteiger partial charge in [-0.05, 0) is 54.9 Å². The predicted octanol–water partition coefficient (Wildman–Crippen LogP) is 4.61. The Morgan fingerprint density at radius 2 is 1.64 bits per heavy atom. The molecule has 3 aliphatic rings. The number of hydrogen-bond acceptors (Lipinski definition) is 2. The number of nitrogens with zero attached hydrogens (tertiary/aromatic N) is 2. The second kappa shape index (κ2) is 6.27. The van der Waals surface area contributed by atoms with E-state index >= 15 is 0 Å². The highest BCUT2D eigenvalue weighted by atomic mass is 15.2. The Kier molecular flexibility index (Phi) is 3.79. The lowest BCUT2D eigenvalue weighted by molar-refractivity contribution is 0.0926. The molecule has 2 aliphatic heterocycles. The van der Waals surface area contributed by atoms with Gasteiger partial charge in [0.15, 0.2) is 0 Å². The van der Waals surface area contributed by atoms with Gasteiger partial charge in [0.05, 0.1) is 11.2 Å². The van der Waals surface area contributed by atoms with Crippen LogP contribution in [0, 0.1) is 5.92 Å². The Labute approximate surface area is 149 Å². The molecule has 126 valence electrons. The van der Waals surface area contributed by atoms with E-state index in [1.165, 1.54) is 43.3 Å². The molecule has 2 atom stereocenters. The van der Waals surface area contributed by atoms with Gasteiger partial charge in [0.1, 0.15) is 0 Å². The predicted molar refractivity (Wildman–Crippen MR) is 103 cm³/mol. The molecule has 3 heterocycles. The van der Waals surface area contributed by atoms with Crippen LogP contribution in [-0.4, -0.2) is 22.5 Å². The van der Waals surface area contributed by atoms with Crippen molar-refractivity contribution in [3.63, 3.8) is 0 Å². The largest absolute Gasteiger partial charge is 0.294 e. The van der Waals surface area contributed by atoms with Gasteiger partial charge >= 0.3 is 0 Å². The fourth-order valence-corrected chi connectivity index (χ4v) is 4.70. The summed E-state index contributed by atoms with van der Waals surface area (Å²) in [5.74, 6) is 0.790. The molecule has 0 saturated carbocycles. The number of benzene rings is 2. The van der Waals surface area contributed by atoms with Crippen molar-refractivity contribution < 1.29 is 0 Å². The highest BCUT2D eigenvalue weighted by Gasteiger charge is 2.31. The minimum absolute atomic E-state index is 0.658. The van der Waals surface area contributed by atoms with Crippen LogP contribution in [0.3, 0.4) is 0 Å². The van der Waals surface area contributed by atoms with Gasteiger partial charge < -0.3 is 0 Å². The van der Waals surface area contributed by atoms with Crippen molar-refractivity contribution in [2.45, 2.75) is 38.3 Å². The molecule has 2 bridgehead atoms. The zero-order chi connectivity index (χ0) is 16.6. The summed E-state index contributed by atoms with van der Waals surface area (Å²) in [6, 6.07) is 22.6. The Bertz CT molecular complexity index is 901. The molecule has 1 aliphatic carbocycles. The summed E-state index contributed by atoms with van der Waals surface area (Å²) in [5, 5.41) is 1.23. The monoisotopic (exact) mass is 328 g/mol. The highest BCUT2D eigenvalue weighted by molar-refractivity contribution is 5.78. The van der Waals surface area contributed by atoms with Crippen molar-refractivity contribution in [3.8, 4) is 0 Å². The molecule has 0 radical (unpaired) electrons. The van der Waals surface area contributed by atoms with E-state index in [1.54, 1.807) is 11.1 Å². The van der Waals surface area contributed by atoms with Gasteiger partial charge in [-0.3, -0.25) is 9.88 Å². The Morgan fingerprint density at radius 1 is 0.840 bits per heavy atom. The van der Waals surface area contributed by atoms with E-state index in [0.29, 0.717) is 6.04 Å². The molecular weight excluding hydrogens is 304 g/mol. The first kappa shape index (κ1) is 15.1. The van der Waals surface area contributed by atoms with Crippen LogP contribution in [0.15, 0.2) is 60.7 Å². The van der Waals surface area contributed by atoms with Crippen LogP contribution in [0.1, 0.15) is 29.7 Å². The lowest BCUT2D eigenvalue weighted by atomic mass is 9.80. The lowest BCUT2D eigenvalue weighted by Gasteiger charge is -2.42. The molecule has 0 N–H and O–H groups in total. The Hall–Kier alpha value is -2.19. The van der Waals surface area contributed by atoms with Crippen LogP contribution in [0.4, 0.5) is 0 Å². The number of piperidine rings is 1. The van der Waals surface area contributed by atoms with Crippen LogP contribution in [0.25, 0.3) is 10.9 Å². The molecule has 0 spiro atoms. The molecule has 2 aromatic carbocycles. The summed E-state index contributed by atoms with van der Waals surface area (Å²) in [6.45, 7) is 2.20. The number of para-hydroxylation sites is 1. The van der Waals surface area contributed by atoms with Crippen molar-refractivity contribution in [1.82, 2.24) is 9.88 Å². The van der Waals surface area contributed by atoms with Crippen LogP contribution >= 0.6 is 0 Å². The summed E-state index contributed by atoms with van der Waals surface area (Å²) >= 11 is 0. The summed E-state index contributed by atoms with van der Waals surface area (Å²) in [6.07, 6.45) is 5.13. The summed E-state index contributed by atoms with van der Waals surface area (Å²) < 4.78 is 0. The average molecular weight is 328 g/mol.